The second kappa shape index (κ2) is 8.21. The van der Waals surface area contributed by atoms with E-state index in [0.29, 0.717) is 23.3 Å². The van der Waals surface area contributed by atoms with Gasteiger partial charge in [0.25, 0.3) is 0 Å². The summed E-state index contributed by atoms with van der Waals surface area (Å²) in [7, 11) is 0. The highest BCUT2D eigenvalue weighted by atomic mass is 35.5. The van der Waals surface area contributed by atoms with Crippen LogP contribution in [0.3, 0.4) is 0 Å². The number of carbonyl (C=O) groups excluding carboxylic acids is 1. The van der Waals surface area contributed by atoms with E-state index in [2.05, 4.69) is 15.0 Å². The van der Waals surface area contributed by atoms with Gasteiger partial charge in [-0.1, -0.05) is 16.8 Å². The molecule has 1 aliphatic heterocycles. The van der Waals surface area contributed by atoms with Crippen LogP contribution in [0.1, 0.15) is 12.8 Å². The smallest absolute Gasteiger partial charge is 0.241 e. The lowest BCUT2D eigenvalue weighted by molar-refractivity contribution is -0.132. The van der Waals surface area contributed by atoms with Crippen molar-refractivity contribution in [1.29, 1.82) is 0 Å². The molecular formula is C17H21ClN4O2S. The Morgan fingerprint density at radius 3 is 2.60 bits per heavy atom. The molecule has 134 valence electrons. The first kappa shape index (κ1) is 18.2. The fourth-order valence-corrected chi connectivity index (χ4v) is 3.19. The topological polar surface area (TPSA) is 62.5 Å². The van der Waals surface area contributed by atoms with Crippen LogP contribution in [-0.4, -0.2) is 63.5 Å². The van der Waals surface area contributed by atoms with E-state index < -0.39 is 0 Å². The fourth-order valence-electron chi connectivity index (χ4n) is 2.71. The van der Waals surface area contributed by atoms with Crippen molar-refractivity contribution in [2.75, 3.05) is 32.4 Å². The minimum absolute atomic E-state index is 0.0180. The molecule has 3 rings (SSSR count). The van der Waals surface area contributed by atoms with Gasteiger partial charge in [-0.2, -0.15) is 16.7 Å². The van der Waals surface area contributed by atoms with Crippen LogP contribution in [-0.2, 0) is 11.3 Å². The van der Waals surface area contributed by atoms with Gasteiger partial charge in [-0.3, -0.25) is 9.69 Å². The third kappa shape index (κ3) is 4.54. The van der Waals surface area contributed by atoms with Crippen molar-refractivity contribution in [3.8, 4) is 11.4 Å². The normalized spacial score (nSPS) is 16.8. The standard InChI is InChI=1S/C17H21ClN4O2S/c1-12(25-2)17(23)22-9-7-21(8-10-22)11-15-19-16(20-24-15)13-3-5-14(18)6-4-13/h3-6,12H,7-11H2,1-2H3. The van der Waals surface area contributed by atoms with Crippen LogP contribution in [0.5, 0.6) is 0 Å². The summed E-state index contributed by atoms with van der Waals surface area (Å²) < 4.78 is 5.36. The predicted molar refractivity (Wildman–Crippen MR) is 99.6 cm³/mol. The third-order valence-corrected chi connectivity index (χ3v) is 5.48. The molecule has 0 N–H and O–H groups in total. The Labute approximate surface area is 156 Å². The second-order valence-electron chi connectivity index (χ2n) is 6.00. The Bertz CT molecular complexity index is 714. The summed E-state index contributed by atoms with van der Waals surface area (Å²) in [5.74, 6) is 1.37. The first-order valence-corrected chi connectivity index (χ1v) is 9.86. The Balaban J connectivity index is 1.54. The van der Waals surface area contributed by atoms with E-state index in [9.17, 15) is 4.79 Å². The molecule has 0 saturated carbocycles. The number of carbonyl (C=O) groups is 1. The first-order chi connectivity index (χ1) is 12.1. The average molecular weight is 381 g/mol. The number of hydrogen-bond acceptors (Lipinski definition) is 6. The maximum Gasteiger partial charge on any atom is 0.241 e. The maximum absolute atomic E-state index is 12.2. The fraction of sp³-hybridized carbons (Fsp3) is 0.471. The number of piperazine rings is 1. The lowest BCUT2D eigenvalue weighted by Crippen LogP contribution is -2.50. The maximum atomic E-state index is 12.2. The van der Waals surface area contributed by atoms with Gasteiger partial charge < -0.3 is 9.42 Å². The monoisotopic (exact) mass is 380 g/mol. The molecule has 1 aromatic heterocycles. The van der Waals surface area contributed by atoms with Crippen molar-refractivity contribution in [1.82, 2.24) is 19.9 Å². The summed E-state index contributed by atoms with van der Waals surface area (Å²) in [6, 6.07) is 7.35. The second-order valence-corrected chi connectivity index (χ2v) is 7.61. The number of thioether (sulfide) groups is 1. The van der Waals surface area contributed by atoms with Gasteiger partial charge in [-0.15, -0.1) is 0 Å². The highest BCUT2D eigenvalue weighted by molar-refractivity contribution is 7.99. The van der Waals surface area contributed by atoms with Crippen LogP contribution < -0.4 is 0 Å². The van der Waals surface area contributed by atoms with Crippen molar-refractivity contribution < 1.29 is 9.32 Å². The van der Waals surface area contributed by atoms with Crippen molar-refractivity contribution in [3.05, 3.63) is 35.2 Å². The van der Waals surface area contributed by atoms with Crippen molar-refractivity contribution in [2.45, 2.75) is 18.7 Å². The molecule has 0 radical (unpaired) electrons. The Hall–Kier alpha value is -1.57. The van der Waals surface area contributed by atoms with E-state index in [1.54, 1.807) is 23.9 Å². The van der Waals surface area contributed by atoms with Crippen LogP contribution >= 0.6 is 23.4 Å². The van der Waals surface area contributed by atoms with Gasteiger partial charge in [0, 0.05) is 36.8 Å². The van der Waals surface area contributed by atoms with Gasteiger partial charge in [0.15, 0.2) is 0 Å². The van der Waals surface area contributed by atoms with Crippen molar-refractivity contribution in [2.24, 2.45) is 0 Å². The molecule has 1 aliphatic rings. The average Bonchev–Trinajstić information content (AvgIpc) is 3.10. The van der Waals surface area contributed by atoms with E-state index in [-0.39, 0.29) is 11.2 Å². The number of amides is 1. The van der Waals surface area contributed by atoms with Gasteiger partial charge in [-0.25, -0.2) is 0 Å². The van der Waals surface area contributed by atoms with Gasteiger partial charge in [-0.05, 0) is 37.4 Å². The Morgan fingerprint density at radius 2 is 1.96 bits per heavy atom. The van der Waals surface area contributed by atoms with Crippen LogP contribution in [0.15, 0.2) is 28.8 Å². The van der Waals surface area contributed by atoms with E-state index >= 15 is 0 Å². The molecule has 1 atom stereocenters. The number of benzene rings is 1. The molecule has 8 heteroatoms. The highest BCUT2D eigenvalue weighted by Crippen LogP contribution is 2.19. The molecule has 2 aromatic rings. The molecule has 1 unspecified atom stereocenters. The zero-order chi connectivity index (χ0) is 17.8. The number of aromatic nitrogens is 2. The Morgan fingerprint density at radius 1 is 1.28 bits per heavy atom. The molecular weight excluding hydrogens is 360 g/mol. The first-order valence-electron chi connectivity index (χ1n) is 8.19. The number of halogens is 1. The molecule has 1 aromatic carbocycles. The quantitative estimate of drug-likeness (QED) is 0.794. The summed E-state index contributed by atoms with van der Waals surface area (Å²) in [6.45, 7) is 5.65. The molecule has 0 bridgehead atoms. The van der Waals surface area contributed by atoms with E-state index in [1.165, 1.54) is 0 Å². The Kier molecular flexibility index (Phi) is 5.98. The van der Waals surface area contributed by atoms with Gasteiger partial charge in [0.05, 0.1) is 11.8 Å². The zero-order valence-corrected chi connectivity index (χ0v) is 15.9. The number of nitrogens with zero attached hydrogens (tertiary/aromatic N) is 4. The summed E-state index contributed by atoms with van der Waals surface area (Å²) in [6.07, 6.45) is 1.96. The van der Waals surface area contributed by atoms with E-state index in [4.69, 9.17) is 16.1 Å². The highest BCUT2D eigenvalue weighted by Gasteiger charge is 2.25. The minimum Gasteiger partial charge on any atom is -0.339 e. The molecule has 0 aliphatic carbocycles. The summed E-state index contributed by atoms with van der Waals surface area (Å²) in [5.41, 5.74) is 0.876. The summed E-state index contributed by atoms with van der Waals surface area (Å²) in [5, 5.41) is 4.73. The zero-order valence-electron chi connectivity index (χ0n) is 14.3. The van der Waals surface area contributed by atoms with Gasteiger partial charge >= 0.3 is 0 Å². The molecule has 1 amide bonds. The molecule has 2 heterocycles. The molecule has 0 spiro atoms. The molecule has 1 saturated heterocycles. The van der Waals surface area contributed by atoms with Crippen molar-refractivity contribution in [3.63, 3.8) is 0 Å². The van der Waals surface area contributed by atoms with Gasteiger partial charge in [0.2, 0.25) is 17.6 Å². The molecule has 6 nitrogen and oxygen atoms in total. The van der Waals surface area contributed by atoms with E-state index in [0.717, 1.165) is 31.7 Å². The van der Waals surface area contributed by atoms with Crippen LogP contribution in [0.25, 0.3) is 11.4 Å². The van der Waals surface area contributed by atoms with E-state index in [1.807, 2.05) is 30.2 Å². The lowest BCUT2D eigenvalue weighted by Gasteiger charge is -2.35. The number of hydrogen-bond donors (Lipinski definition) is 0. The predicted octanol–water partition coefficient (Wildman–Crippen LogP) is 2.79. The number of rotatable bonds is 5. The van der Waals surface area contributed by atoms with Crippen LogP contribution in [0.2, 0.25) is 5.02 Å². The molecule has 1 fully saturated rings. The largest absolute Gasteiger partial charge is 0.339 e. The summed E-state index contributed by atoms with van der Waals surface area (Å²) >= 11 is 7.48. The van der Waals surface area contributed by atoms with Gasteiger partial charge in [0.1, 0.15) is 0 Å². The SMILES string of the molecule is CSC(C)C(=O)N1CCN(Cc2nc(-c3ccc(Cl)cc3)no2)CC1. The minimum atomic E-state index is 0.0180. The molecule has 25 heavy (non-hydrogen) atoms. The van der Waals surface area contributed by atoms with Crippen molar-refractivity contribution >= 4 is 29.3 Å². The van der Waals surface area contributed by atoms with Crippen LogP contribution in [0.4, 0.5) is 0 Å². The summed E-state index contributed by atoms with van der Waals surface area (Å²) in [4.78, 5) is 20.8. The van der Waals surface area contributed by atoms with Crippen LogP contribution in [0, 0.1) is 0 Å². The third-order valence-electron chi connectivity index (χ3n) is 4.31. The lowest BCUT2D eigenvalue weighted by atomic mass is 10.2.